The van der Waals surface area contributed by atoms with Crippen molar-refractivity contribution in [3.05, 3.63) is 59.9 Å². The van der Waals surface area contributed by atoms with Crippen molar-refractivity contribution in [3.63, 3.8) is 0 Å². The summed E-state index contributed by atoms with van der Waals surface area (Å²) in [6.45, 7) is 2.02. The van der Waals surface area contributed by atoms with Gasteiger partial charge in [-0.1, -0.05) is 43.2 Å². The number of nitrogens with zero attached hydrogens (tertiary/aromatic N) is 1. The van der Waals surface area contributed by atoms with Crippen molar-refractivity contribution in [3.8, 4) is 0 Å². The van der Waals surface area contributed by atoms with E-state index in [1.807, 2.05) is 13.1 Å². The van der Waals surface area contributed by atoms with Crippen molar-refractivity contribution in [2.45, 2.75) is 44.6 Å². The molecule has 0 radical (unpaired) electrons. The van der Waals surface area contributed by atoms with Crippen LogP contribution < -0.4 is 5.32 Å². The molecule has 20 heavy (non-hydrogen) atoms. The van der Waals surface area contributed by atoms with Crippen LogP contribution in [0.5, 0.6) is 0 Å². The first-order chi connectivity index (χ1) is 9.83. The molecule has 2 atom stereocenters. The van der Waals surface area contributed by atoms with Crippen LogP contribution in [0.1, 0.15) is 42.9 Å². The maximum Gasteiger partial charge on any atom is 0.0529 e. The molecule has 104 valence electrons. The Morgan fingerprint density at radius 1 is 1.00 bits per heavy atom. The number of hydrogen-bond donors (Lipinski definition) is 1. The van der Waals surface area contributed by atoms with E-state index in [2.05, 4.69) is 52.8 Å². The molecule has 1 N–H and O–H groups in total. The van der Waals surface area contributed by atoms with Crippen molar-refractivity contribution < 1.29 is 0 Å². The molecule has 3 rings (SSSR count). The molecular formula is C18H22N2. The number of aromatic nitrogens is 1. The van der Waals surface area contributed by atoms with Crippen LogP contribution in [0.25, 0.3) is 0 Å². The highest BCUT2D eigenvalue weighted by molar-refractivity contribution is 5.43. The maximum absolute atomic E-state index is 4.38. The quantitative estimate of drug-likeness (QED) is 0.883. The van der Waals surface area contributed by atoms with Crippen LogP contribution in [-0.4, -0.2) is 11.0 Å². The van der Waals surface area contributed by atoms with Crippen LogP contribution in [0.3, 0.4) is 0 Å². The van der Waals surface area contributed by atoms with Gasteiger partial charge in [0.05, 0.1) is 11.9 Å². The van der Waals surface area contributed by atoms with Crippen LogP contribution in [-0.2, 0) is 0 Å². The van der Waals surface area contributed by atoms with E-state index in [1.54, 1.807) is 0 Å². The number of benzene rings is 1. The largest absolute Gasteiger partial charge is 0.380 e. The van der Waals surface area contributed by atoms with Crippen molar-refractivity contribution in [1.82, 2.24) is 4.98 Å². The molecule has 1 heterocycles. The van der Waals surface area contributed by atoms with Crippen LogP contribution >= 0.6 is 0 Å². The fourth-order valence-electron chi connectivity index (χ4n) is 3.17. The lowest BCUT2D eigenvalue weighted by Gasteiger charge is -2.33. The van der Waals surface area contributed by atoms with Crippen molar-refractivity contribution >= 4 is 5.69 Å². The molecule has 0 saturated heterocycles. The molecule has 2 unspecified atom stereocenters. The first kappa shape index (κ1) is 13.2. The predicted molar refractivity (Wildman–Crippen MR) is 84.0 cm³/mol. The Hall–Kier alpha value is -1.83. The molecule has 2 nitrogen and oxygen atoms in total. The smallest absolute Gasteiger partial charge is 0.0529 e. The Morgan fingerprint density at radius 3 is 2.55 bits per heavy atom. The summed E-state index contributed by atoms with van der Waals surface area (Å²) in [7, 11) is 0. The minimum Gasteiger partial charge on any atom is -0.380 e. The van der Waals surface area contributed by atoms with Gasteiger partial charge in [0.2, 0.25) is 0 Å². The molecule has 1 fully saturated rings. The summed E-state index contributed by atoms with van der Waals surface area (Å²) in [5.41, 5.74) is 3.67. The molecule has 1 aromatic carbocycles. The van der Waals surface area contributed by atoms with Gasteiger partial charge in [-0.15, -0.1) is 0 Å². The number of hydrogen-bond acceptors (Lipinski definition) is 2. The Kier molecular flexibility index (Phi) is 4.00. The van der Waals surface area contributed by atoms with Gasteiger partial charge in [0.15, 0.2) is 0 Å². The van der Waals surface area contributed by atoms with Gasteiger partial charge in [-0.25, -0.2) is 0 Å². The lowest BCUT2D eigenvalue weighted by molar-refractivity contribution is 0.405. The first-order valence-electron chi connectivity index (χ1n) is 7.57. The van der Waals surface area contributed by atoms with E-state index in [4.69, 9.17) is 0 Å². The van der Waals surface area contributed by atoms with Crippen molar-refractivity contribution in [2.24, 2.45) is 0 Å². The number of rotatable bonds is 3. The topological polar surface area (TPSA) is 24.9 Å². The standard InChI is InChI=1S/C18H22N2/c1-14-11-12-16(13-19-14)20-18-10-6-5-9-17(18)15-7-3-2-4-8-15/h2-4,7-8,11-13,17-18,20H,5-6,9-10H2,1H3. The third-order valence-corrected chi connectivity index (χ3v) is 4.26. The third kappa shape index (κ3) is 3.01. The Bertz CT molecular complexity index is 533. The van der Waals surface area contributed by atoms with Crippen LogP contribution in [0.4, 0.5) is 5.69 Å². The number of pyridine rings is 1. The zero-order chi connectivity index (χ0) is 13.8. The van der Waals surface area contributed by atoms with E-state index in [-0.39, 0.29) is 0 Å². The zero-order valence-corrected chi connectivity index (χ0v) is 12.0. The summed E-state index contributed by atoms with van der Waals surface area (Å²) in [6.07, 6.45) is 7.13. The minimum absolute atomic E-state index is 0.524. The summed E-state index contributed by atoms with van der Waals surface area (Å²) in [4.78, 5) is 4.38. The van der Waals surface area contributed by atoms with Gasteiger partial charge in [-0.3, -0.25) is 4.98 Å². The third-order valence-electron chi connectivity index (χ3n) is 4.26. The maximum atomic E-state index is 4.38. The number of nitrogens with one attached hydrogen (secondary N) is 1. The Morgan fingerprint density at radius 2 is 1.80 bits per heavy atom. The first-order valence-corrected chi connectivity index (χ1v) is 7.57. The van der Waals surface area contributed by atoms with Crippen LogP contribution in [0.15, 0.2) is 48.7 Å². The molecule has 1 saturated carbocycles. The summed E-state index contributed by atoms with van der Waals surface area (Å²) in [5.74, 6) is 0.617. The Labute approximate surface area is 121 Å². The average molecular weight is 266 g/mol. The molecule has 0 amide bonds. The zero-order valence-electron chi connectivity index (χ0n) is 12.0. The SMILES string of the molecule is Cc1ccc(NC2CCCCC2c2ccccc2)cn1. The van der Waals surface area contributed by atoms with Gasteiger partial charge in [-0.2, -0.15) is 0 Å². The average Bonchev–Trinajstić information content (AvgIpc) is 2.51. The summed E-state index contributed by atoms with van der Waals surface area (Å²) in [5, 5.41) is 3.69. The Balaban J connectivity index is 1.77. The highest BCUT2D eigenvalue weighted by atomic mass is 14.9. The number of aryl methyl sites for hydroxylation is 1. The second-order valence-corrected chi connectivity index (χ2v) is 5.74. The normalized spacial score (nSPS) is 22.4. The van der Waals surface area contributed by atoms with E-state index in [1.165, 1.54) is 31.2 Å². The fourth-order valence-corrected chi connectivity index (χ4v) is 3.17. The minimum atomic E-state index is 0.524. The molecule has 1 aliphatic rings. The molecule has 2 aromatic rings. The van der Waals surface area contributed by atoms with E-state index < -0.39 is 0 Å². The van der Waals surface area contributed by atoms with Gasteiger partial charge in [0.25, 0.3) is 0 Å². The monoisotopic (exact) mass is 266 g/mol. The van der Waals surface area contributed by atoms with Gasteiger partial charge >= 0.3 is 0 Å². The van der Waals surface area contributed by atoms with E-state index in [0.29, 0.717) is 12.0 Å². The van der Waals surface area contributed by atoms with Gasteiger partial charge < -0.3 is 5.32 Å². The lowest BCUT2D eigenvalue weighted by Crippen LogP contribution is -2.30. The highest BCUT2D eigenvalue weighted by Crippen LogP contribution is 2.34. The molecule has 1 aromatic heterocycles. The summed E-state index contributed by atoms with van der Waals surface area (Å²) < 4.78 is 0. The van der Waals surface area contributed by atoms with Gasteiger partial charge in [-0.05, 0) is 37.5 Å². The molecule has 1 aliphatic carbocycles. The lowest BCUT2D eigenvalue weighted by atomic mass is 9.80. The second kappa shape index (κ2) is 6.08. The van der Waals surface area contributed by atoms with Crippen molar-refractivity contribution in [1.29, 1.82) is 0 Å². The summed E-state index contributed by atoms with van der Waals surface area (Å²) >= 11 is 0. The molecule has 2 heteroatoms. The molecule has 0 aliphatic heterocycles. The van der Waals surface area contributed by atoms with Crippen LogP contribution in [0, 0.1) is 6.92 Å². The summed E-state index contributed by atoms with van der Waals surface area (Å²) in [6, 6.07) is 15.6. The van der Waals surface area contributed by atoms with Crippen LogP contribution in [0.2, 0.25) is 0 Å². The molecule has 0 bridgehead atoms. The predicted octanol–water partition coefficient (Wildman–Crippen LogP) is 4.53. The highest BCUT2D eigenvalue weighted by Gasteiger charge is 2.26. The second-order valence-electron chi connectivity index (χ2n) is 5.74. The molecule has 0 spiro atoms. The van der Waals surface area contributed by atoms with E-state index >= 15 is 0 Å². The van der Waals surface area contributed by atoms with Gasteiger partial charge in [0, 0.05) is 17.7 Å². The van der Waals surface area contributed by atoms with Crippen molar-refractivity contribution in [2.75, 3.05) is 5.32 Å². The van der Waals surface area contributed by atoms with E-state index in [9.17, 15) is 0 Å². The van der Waals surface area contributed by atoms with E-state index in [0.717, 1.165) is 11.4 Å². The fraction of sp³-hybridized carbons (Fsp3) is 0.389. The number of anilines is 1. The van der Waals surface area contributed by atoms with Gasteiger partial charge in [0.1, 0.15) is 0 Å². The molecular weight excluding hydrogens is 244 g/mol.